The Morgan fingerprint density at radius 2 is 2.17 bits per heavy atom. The highest BCUT2D eigenvalue weighted by Gasteiger charge is 2.17. The van der Waals surface area contributed by atoms with Crippen molar-refractivity contribution in [1.29, 1.82) is 0 Å². The Morgan fingerprint density at radius 3 is 2.83 bits per heavy atom. The number of carbonyl (C=O) groups excluding carboxylic acids is 1. The van der Waals surface area contributed by atoms with Crippen LogP contribution in [0.1, 0.15) is 24.8 Å². The zero-order valence-electron chi connectivity index (χ0n) is 10.3. The van der Waals surface area contributed by atoms with Crippen molar-refractivity contribution in [3.63, 3.8) is 0 Å². The number of ether oxygens (including phenoxy) is 1. The lowest BCUT2D eigenvalue weighted by Crippen LogP contribution is -2.31. The van der Waals surface area contributed by atoms with Gasteiger partial charge in [-0.3, -0.25) is 4.79 Å². The van der Waals surface area contributed by atoms with Gasteiger partial charge in [0.05, 0.1) is 0 Å². The molecule has 2 rings (SSSR count). The number of halogens is 1. The highest BCUT2D eigenvalue weighted by Crippen LogP contribution is 2.15. The molecule has 0 radical (unpaired) electrons. The third-order valence-corrected chi connectivity index (χ3v) is 3.42. The zero-order valence-corrected chi connectivity index (χ0v) is 11.1. The molecule has 3 nitrogen and oxygen atoms in total. The molecule has 1 aliphatic rings. The highest BCUT2D eigenvalue weighted by molar-refractivity contribution is 6.30. The van der Waals surface area contributed by atoms with E-state index >= 15 is 0 Å². The lowest BCUT2D eigenvalue weighted by atomic mass is 9.96. The Balaban J connectivity index is 1.72. The molecule has 0 aromatic heterocycles. The van der Waals surface area contributed by atoms with Crippen LogP contribution in [0.15, 0.2) is 24.3 Å². The SMILES string of the molecule is O=C(CC1CCCNC1)OCc1ccc(Cl)cc1. The predicted octanol–water partition coefficient (Wildman–Crippen LogP) is 2.77. The van der Waals surface area contributed by atoms with Crippen molar-refractivity contribution >= 4 is 17.6 Å². The van der Waals surface area contributed by atoms with Crippen LogP contribution in [-0.2, 0) is 16.1 Å². The second kappa shape index (κ2) is 6.76. The summed E-state index contributed by atoms with van der Waals surface area (Å²) in [5.74, 6) is 0.315. The molecule has 1 fully saturated rings. The number of benzene rings is 1. The van der Waals surface area contributed by atoms with Crippen LogP contribution in [0.3, 0.4) is 0 Å². The summed E-state index contributed by atoms with van der Waals surface area (Å²) in [6, 6.07) is 7.35. The average Bonchev–Trinajstić information content (AvgIpc) is 2.39. The minimum atomic E-state index is -0.112. The molecule has 0 amide bonds. The molecule has 1 heterocycles. The van der Waals surface area contributed by atoms with Crippen LogP contribution in [-0.4, -0.2) is 19.1 Å². The molecule has 0 aliphatic carbocycles. The monoisotopic (exact) mass is 267 g/mol. The van der Waals surface area contributed by atoms with Gasteiger partial charge in [0.15, 0.2) is 0 Å². The van der Waals surface area contributed by atoms with E-state index in [1.54, 1.807) is 12.1 Å². The van der Waals surface area contributed by atoms with E-state index in [4.69, 9.17) is 16.3 Å². The van der Waals surface area contributed by atoms with E-state index in [1.165, 1.54) is 0 Å². The second-order valence-electron chi connectivity index (χ2n) is 4.70. The molecule has 0 spiro atoms. The number of rotatable bonds is 4. The molecule has 0 bridgehead atoms. The van der Waals surface area contributed by atoms with Gasteiger partial charge in [0.25, 0.3) is 0 Å². The fourth-order valence-electron chi connectivity index (χ4n) is 2.14. The first kappa shape index (κ1) is 13.4. The van der Waals surface area contributed by atoms with Crippen LogP contribution in [0.5, 0.6) is 0 Å². The van der Waals surface area contributed by atoms with Gasteiger partial charge >= 0.3 is 5.97 Å². The molecule has 1 atom stereocenters. The molecule has 18 heavy (non-hydrogen) atoms. The summed E-state index contributed by atoms with van der Waals surface area (Å²) < 4.78 is 5.26. The molecule has 1 unspecified atom stereocenters. The fraction of sp³-hybridized carbons (Fsp3) is 0.500. The van der Waals surface area contributed by atoms with Crippen molar-refractivity contribution in [2.45, 2.75) is 25.9 Å². The maximum atomic E-state index is 11.7. The largest absolute Gasteiger partial charge is 0.461 e. The average molecular weight is 268 g/mol. The summed E-state index contributed by atoms with van der Waals surface area (Å²) in [4.78, 5) is 11.7. The van der Waals surface area contributed by atoms with Crippen LogP contribution in [0.25, 0.3) is 0 Å². The second-order valence-corrected chi connectivity index (χ2v) is 5.14. The van der Waals surface area contributed by atoms with Crippen molar-refractivity contribution in [2.24, 2.45) is 5.92 Å². The third kappa shape index (κ3) is 4.31. The van der Waals surface area contributed by atoms with E-state index in [0.717, 1.165) is 31.5 Å². The molecule has 0 saturated carbocycles. The van der Waals surface area contributed by atoms with Crippen LogP contribution in [0.4, 0.5) is 0 Å². The lowest BCUT2D eigenvalue weighted by molar-refractivity contribution is -0.146. The minimum absolute atomic E-state index is 0.112. The first-order chi connectivity index (χ1) is 8.74. The van der Waals surface area contributed by atoms with Gasteiger partial charge in [0.1, 0.15) is 6.61 Å². The van der Waals surface area contributed by atoms with Gasteiger partial charge in [-0.25, -0.2) is 0 Å². The molecule has 4 heteroatoms. The summed E-state index contributed by atoms with van der Waals surface area (Å²) in [6.07, 6.45) is 2.78. The Morgan fingerprint density at radius 1 is 1.39 bits per heavy atom. The molecular weight excluding hydrogens is 250 g/mol. The summed E-state index contributed by atoms with van der Waals surface area (Å²) in [6.45, 7) is 2.32. The van der Waals surface area contributed by atoms with E-state index in [-0.39, 0.29) is 5.97 Å². The number of nitrogens with one attached hydrogen (secondary N) is 1. The van der Waals surface area contributed by atoms with Crippen molar-refractivity contribution < 1.29 is 9.53 Å². The van der Waals surface area contributed by atoms with Crippen LogP contribution >= 0.6 is 11.6 Å². The topological polar surface area (TPSA) is 38.3 Å². The predicted molar refractivity (Wildman–Crippen MR) is 71.5 cm³/mol. The highest BCUT2D eigenvalue weighted by atomic mass is 35.5. The smallest absolute Gasteiger partial charge is 0.306 e. The molecule has 1 saturated heterocycles. The summed E-state index contributed by atoms with van der Waals surface area (Å²) in [5, 5.41) is 3.99. The van der Waals surface area contributed by atoms with Crippen molar-refractivity contribution in [1.82, 2.24) is 5.32 Å². The lowest BCUT2D eigenvalue weighted by Gasteiger charge is -2.21. The first-order valence-electron chi connectivity index (χ1n) is 6.35. The van der Waals surface area contributed by atoms with E-state index in [0.29, 0.717) is 24.0 Å². The van der Waals surface area contributed by atoms with Crippen molar-refractivity contribution in [2.75, 3.05) is 13.1 Å². The van der Waals surface area contributed by atoms with Crippen molar-refractivity contribution in [3.05, 3.63) is 34.9 Å². The van der Waals surface area contributed by atoms with Crippen LogP contribution in [0, 0.1) is 5.92 Å². The maximum absolute atomic E-state index is 11.7. The zero-order chi connectivity index (χ0) is 12.8. The van der Waals surface area contributed by atoms with Gasteiger partial charge in [-0.15, -0.1) is 0 Å². The van der Waals surface area contributed by atoms with Crippen molar-refractivity contribution in [3.8, 4) is 0 Å². The Bertz CT molecular complexity index is 385. The maximum Gasteiger partial charge on any atom is 0.306 e. The van der Waals surface area contributed by atoms with E-state index < -0.39 is 0 Å². The van der Waals surface area contributed by atoms with Gasteiger partial charge in [-0.05, 0) is 49.5 Å². The van der Waals surface area contributed by atoms with E-state index in [2.05, 4.69) is 5.32 Å². The normalized spacial score (nSPS) is 19.5. The molecule has 1 aromatic rings. The van der Waals surface area contributed by atoms with Gasteiger partial charge in [0.2, 0.25) is 0 Å². The summed E-state index contributed by atoms with van der Waals surface area (Å²) in [7, 11) is 0. The van der Waals surface area contributed by atoms with E-state index in [9.17, 15) is 4.79 Å². The minimum Gasteiger partial charge on any atom is -0.461 e. The summed E-state index contributed by atoms with van der Waals surface area (Å²) in [5.41, 5.74) is 0.967. The number of esters is 1. The number of hydrogen-bond donors (Lipinski definition) is 1. The molecule has 98 valence electrons. The van der Waals surface area contributed by atoms with Crippen LogP contribution in [0.2, 0.25) is 5.02 Å². The molecule has 1 aromatic carbocycles. The summed E-state index contributed by atoms with van der Waals surface area (Å²) >= 11 is 5.79. The Hall–Kier alpha value is -1.06. The van der Waals surface area contributed by atoms with Gasteiger partial charge in [-0.1, -0.05) is 23.7 Å². The fourth-order valence-corrected chi connectivity index (χ4v) is 2.26. The van der Waals surface area contributed by atoms with Gasteiger partial charge < -0.3 is 10.1 Å². The van der Waals surface area contributed by atoms with Gasteiger partial charge in [0, 0.05) is 11.4 Å². The molecule has 1 N–H and O–H groups in total. The third-order valence-electron chi connectivity index (χ3n) is 3.17. The standard InChI is InChI=1S/C14H18ClNO2/c15-13-5-3-11(4-6-13)10-18-14(17)8-12-2-1-7-16-9-12/h3-6,12,16H,1-2,7-10H2. The Kier molecular flexibility index (Phi) is 5.02. The quantitative estimate of drug-likeness (QED) is 0.853. The van der Waals surface area contributed by atoms with Crippen LogP contribution < -0.4 is 5.32 Å². The number of piperidine rings is 1. The molecular formula is C14H18ClNO2. The Labute approximate surface area is 112 Å². The number of carbonyl (C=O) groups is 1. The first-order valence-corrected chi connectivity index (χ1v) is 6.72. The molecule has 1 aliphatic heterocycles. The van der Waals surface area contributed by atoms with E-state index in [1.807, 2.05) is 12.1 Å². The number of hydrogen-bond acceptors (Lipinski definition) is 3. The van der Waals surface area contributed by atoms with Gasteiger partial charge in [-0.2, -0.15) is 0 Å².